The summed E-state index contributed by atoms with van der Waals surface area (Å²) in [5.74, 6) is 0.494. The molecule has 1 saturated heterocycles. The van der Waals surface area contributed by atoms with E-state index in [1.807, 2.05) is 12.1 Å². The van der Waals surface area contributed by atoms with Crippen LogP contribution in [0, 0.1) is 0 Å². The predicted octanol–water partition coefficient (Wildman–Crippen LogP) is 2.10. The second-order valence-corrected chi connectivity index (χ2v) is 8.29. The van der Waals surface area contributed by atoms with Crippen LogP contribution in [0.3, 0.4) is 0 Å². The number of anilines is 1. The third kappa shape index (κ3) is 5.89. The molecule has 0 saturated carbocycles. The van der Waals surface area contributed by atoms with Crippen molar-refractivity contribution in [1.82, 2.24) is 10.2 Å². The average Bonchev–Trinajstić information content (AvgIpc) is 2.78. The molecule has 1 heterocycles. The van der Waals surface area contributed by atoms with Crippen LogP contribution in [0.2, 0.25) is 5.02 Å². The fourth-order valence-electron chi connectivity index (χ4n) is 3.80. The van der Waals surface area contributed by atoms with Crippen LogP contribution in [-0.2, 0) is 5.60 Å². The lowest BCUT2D eigenvalue weighted by Crippen LogP contribution is -2.50. The molecule has 0 spiro atoms. The summed E-state index contributed by atoms with van der Waals surface area (Å²) in [5.41, 5.74) is 1.28. The van der Waals surface area contributed by atoms with Gasteiger partial charge in [0, 0.05) is 51.4 Å². The molecule has 2 aromatic rings. The van der Waals surface area contributed by atoms with E-state index in [4.69, 9.17) is 21.4 Å². The maximum atomic E-state index is 11.7. The summed E-state index contributed by atoms with van der Waals surface area (Å²) in [7, 11) is 1.60. The molecule has 1 aliphatic heterocycles. The standard InChI is InChI=1S/C23H30ClN3O4/c1-23(30,18-5-3-17(4-6-18)22(29)25-2)16-26-9-11-27(12-10-26)21-8-7-19(15-20(21)24)31-14-13-28/h3-8,15,28,30H,9-14,16H2,1-2H3,(H,25,29)/t23-/m1/s1. The lowest BCUT2D eigenvalue weighted by molar-refractivity contribution is 0.0143. The zero-order valence-electron chi connectivity index (χ0n) is 18.0. The van der Waals surface area contributed by atoms with E-state index in [1.165, 1.54) is 0 Å². The number of nitrogens with zero attached hydrogens (tertiary/aromatic N) is 2. The molecule has 0 aromatic heterocycles. The monoisotopic (exact) mass is 447 g/mol. The Morgan fingerprint density at radius 3 is 2.42 bits per heavy atom. The Morgan fingerprint density at radius 2 is 1.84 bits per heavy atom. The highest BCUT2D eigenvalue weighted by Gasteiger charge is 2.29. The number of hydrogen-bond acceptors (Lipinski definition) is 6. The van der Waals surface area contributed by atoms with Gasteiger partial charge >= 0.3 is 0 Å². The van der Waals surface area contributed by atoms with Crippen molar-refractivity contribution in [3.63, 3.8) is 0 Å². The maximum absolute atomic E-state index is 11.7. The van der Waals surface area contributed by atoms with E-state index in [0.29, 0.717) is 22.9 Å². The minimum Gasteiger partial charge on any atom is -0.491 e. The molecule has 0 aliphatic carbocycles. The molecule has 3 N–H and O–H groups in total. The fraction of sp³-hybridized carbons (Fsp3) is 0.435. The number of amides is 1. The van der Waals surface area contributed by atoms with Crippen LogP contribution < -0.4 is 15.0 Å². The Hall–Kier alpha value is -2.32. The van der Waals surface area contributed by atoms with Crippen molar-refractivity contribution in [1.29, 1.82) is 0 Å². The summed E-state index contributed by atoms with van der Waals surface area (Å²) in [5, 5.41) is 23.1. The van der Waals surface area contributed by atoms with Crippen molar-refractivity contribution in [3.05, 3.63) is 58.6 Å². The molecule has 0 unspecified atom stereocenters. The lowest BCUT2D eigenvalue weighted by Gasteiger charge is -2.39. The van der Waals surface area contributed by atoms with E-state index in [0.717, 1.165) is 37.4 Å². The van der Waals surface area contributed by atoms with Crippen LogP contribution in [0.15, 0.2) is 42.5 Å². The lowest BCUT2D eigenvalue weighted by atomic mass is 9.94. The van der Waals surface area contributed by atoms with E-state index < -0.39 is 5.60 Å². The van der Waals surface area contributed by atoms with Gasteiger partial charge in [0.15, 0.2) is 0 Å². The van der Waals surface area contributed by atoms with Gasteiger partial charge in [0.1, 0.15) is 12.4 Å². The highest BCUT2D eigenvalue weighted by molar-refractivity contribution is 6.33. The number of ether oxygens (including phenoxy) is 1. The molecule has 1 fully saturated rings. The van der Waals surface area contributed by atoms with Crippen molar-refractivity contribution in [3.8, 4) is 5.75 Å². The summed E-state index contributed by atoms with van der Waals surface area (Å²) in [6.07, 6.45) is 0. The highest BCUT2D eigenvalue weighted by Crippen LogP contribution is 2.31. The summed E-state index contributed by atoms with van der Waals surface area (Å²) in [6, 6.07) is 12.6. The number of rotatable bonds is 8. The Balaban J connectivity index is 1.57. The van der Waals surface area contributed by atoms with Crippen molar-refractivity contribution >= 4 is 23.2 Å². The number of aliphatic hydroxyl groups excluding tert-OH is 1. The maximum Gasteiger partial charge on any atom is 0.251 e. The molecular formula is C23H30ClN3O4. The molecular weight excluding hydrogens is 418 g/mol. The van der Waals surface area contributed by atoms with Crippen LogP contribution in [0.5, 0.6) is 5.75 Å². The van der Waals surface area contributed by atoms with Crippen LogP contribution in [0.25, 0.3) is 0 Å². The summed E-state index contributed by atoms with van der Waals surface area (Å²) in [6.45, 7) is 5.69. The van der Waals surface area contributed by atoms with Gasteiger partial charge in [0.05, 0.1) is 22.9 Å². The number of piperazine rings is 1. The van der Waals surface area contributed by atoms with Crippen molar-refractivity contribution < 1.29 is 19.7 Å². The molecule has 0 bridgehead atoms. The highest BCUT2D eigenvalue weighted by atomic mass is 35.5. The van der Waals surface area contributed by atoms with Gasteiger partial charge < -0.3 is 25.2 Å². The minimum absolute atomic E-state index is 0.0384. The van der Waals surface area contributed by atoms with Gasteiger partial charge in [-0.05, 0) is 36.8 Å². The van der Waals surface area contributed by atoms with E-state index in [2.05, 4.69) is 15.1 Å². The van der Waals surface area contributed by atoms with Crippen LogP contribution in [0.1, 0.15) is 22.8 Å². The fourth-order valence-corrected chi connectivity index (χ4v) is 4.09. The number of aliphatic hydroxyl groups is 2. The quantitative estimate of drug-likeness (QED) is 0.574. The normalized spacial score (nSPS) is 16.6. The Labute approximate surface area is 188 Å². The van der Waals surface area contributed by atoms with Gasteiger partial charge in [0.25, 0.3) is 5.91 Å². The van der Waals surface area contributed by atoms with E-state index in [1.54, 1.807) is 44.3 Å². The molecule has 3 rings (SSSR count). The van der Waals surface area contributed by atoms with Crippen LogP contribution in [-0.4, -0.2) is 74.0 Å². The first kappa shape index (κ1) is 23.3. The summed E-state index contributed by atoms with van der Waals surface area (Å²) < 4.78 is 5.41. The Bertz CT molecular complexity index is 881. The number of carbonyl (C=O) groups excluding carboxylic acids is 1. The molecule has 1 aliphatic rings. The minimum atomic E-state index is -1.02. The average molecular weight is 448 g/mol. The third-order valence-electron chi connectivity index (χ3n) is 5.52. The SMILES string of the molecule is CNC(=O)c1ccc([C@](C)(O)CN2CCN(c3ccc(OCCO)cc3Cl)CC2)cc1. The largest absolute Gasteiger partial charge is 0.491 e. The second-order valence-electron chi connectivity index (χ2n) is 7.88. The number of halogens is 1. The first-order valence-corrected chi connectivity index (χ1v) is 10.8. The molecule has 1 amide bonds. The van der Waals surface area contributed by atoms with Gasteiger partial charge in [-0.25, -0.2) is 0 Å². The smallest absolute Gasteiger partial charge is 0.251 e. The van der Waals surface area contributed by atoms with Gasteiger partial charge in [-0.1, -0.05) is 23.7 Å². The van der Waals surface area contributed by atoms with E-state index >= 15 is 0 Å². The number of β-amino-alcohol motifs (C(OH)–C–C–N with tert-alkyl or cyclic N) is 1. The molecule has 31 heavy (non-hydrogen) atoms. The molecule has 2 aromatic carbocycles. The zero-order valence-corrected chi connectivity index (χ0v) is 18.7. The van der Waals surface area contributed by atoms with Gasteiger partial charge in [-0.2, -0.15) is 0 Å². The first-order chi connectivity index (χ1) is 14.8. The summed E-state index contributed by atoms with van der Waals surface area (Å²) >= 11 is 6.44. The molecule has 0 radical (unpaired) electrons. The van der Waals surface area contributed by atoms with E-state index in [9.17, 15) is 9.90 Å². The number of carbonyl (C=O) groups is 1. The Kier molecular flexibility index (Phi) is 7.78. The van der Waals surface area contributed by atoms with Gasteiger partial charge in [-0.3, -0.25) is 9.69 Å². The topological polar surface area (TPSA) is 85.3 Å². The molecule has 8 heteroatoms. The number of benzene rings is 2. The third-order valence-corrected chi connectivity index (χ3v) is 5.82. The molecule has 168 valence electrons. The Morgan fingerprint density at radius 1 is 1.16 bits per heavy atom. The molecule has 1 atom stereocenters. The van der Waals surface area contributed by atoms with Crippen LogP contribution in [0.4, 0.5) is 5.69 Å². The number of nitrogens with one attached hydrogen (secondary N) is 1. The van der Waals surface area contributed by atoms with Crippen LogP contribution >= 0.6 is 11.6 Å². The first-order valence-electron chi connectivity index (χ1n) is 10.4. The number of hydrogen-bond donors (Lipinski definition) is 3. The van der Waals surface area contributed by atoms with Crippen molar-refractivity contribution in [2.24, 2.45) is 0 Å². The predicted molar refractivity (Wildman–Crippen MR) is 122 cm³/mol. The van der Waals surface area contributed by atoms with Gasteiger partial charge in [-0.15, -0.1) is 0 Å². The molecule has 7 nitrogen and oxygen atoms in total. The second kappa shape index (κ2) is 10.3. The van der Waals surface area contributed by atoms with E-state index in [-0.39, 0.29) is 19.1 Å². The van der Waals surface area contributed by atoms with Crippen molar-refractivity contribution in [2.45, 2.75) is 12.5 Å². The van der Waals surface area contributed by atoms with Gasteiger partial charge in [0.2, 0.25) is 0 Å². The summed E-state index contributed by atoms with van der Waals surface area (Å²) in [4.78, 5) is 16.2. The van der Waals surface area contributed by atoms with Crippen molar-refractivity contribution in [2.75, 3.05) is 57.9 Å². The zero-order chi connectivity index (χ0) is 22.4.